The number of nitrogens with zero attached hydrogens (tertiary/aromatic N) is 4. The Labute approximate surface area is 206 Å². The van der Waals surface area contributed by atoms with Gasteiger partial charge in [-0.05, 0) is 49.8 Å². The zero-order valence-corrected chi connectivity index (χ0v) is 21.3. The molecule has 0 unspecified atom stereocenters. The molecule has 1 amide bonds. The highest BCUT2D eigenvalue weighted by atomic mass is 32.1. The molecule has 2 aromatic heterocycles. The number of amides is 1. The lowest BCUT2D eigenvalue weighted by Gasteiger charge is -2.36. The first-order chi connectivity index (χ1) is 16.6. The molecule has 6 nitrogen and oxygen atoms in total. The van der Waals surface area contributed by atoms with Gasteiger partial charge in [-0.3, -0.25) is 4.79 Å². The van der Waals surface area contributed by atoms with E-state index in [0.717, 1.165) is 48.8 Å². The lowest BCUT2D eigenvalue weighted by molar-refractivity contribution is 0.0743. The van der Waals surface area contributed by atoms with E-state index in [0.29, 0.717) is 30.3 Å². The van der Waals surface area contributed by atoms with Gasteiger partial charge < -0.3 is 14.5 Å². The van der Waals surface area contributed by atoms with Crippen molar-refractivity contribution in [3.05, 3.63) is 46.1 Å². The molecule has 5 rings (SSSR count). The molecule has 1 atom stereocenters. The molecule has 3 aromatic rings. The topological polar surface area (TPSA) is 58.6 Å². The zero-order valence-electron chi connectivity index (χ0n) is 20.5. The van der Waals surface area contributed by atoms with Gasteiger partial charge in [0, 0.05) is 37.0 Å². The fourth-order valence-corrected chi connectivity index (χ4v) is 6.34. The normalized spacial score (nSPS) is 17.4. The second kappa shape index (κ2) is 9.90. The average Bonchev–Trinajstić information content (AvgIpc) is 3.07. The van der Waals surface area contributed by atoms with E-state index in [1.54, 1.807) is 7.11 Å². The molecule has 1 aromatic carbocycles. The molecule has 3 heterocycles. The van der Waals surface area contributed by atoms with Crippen LogP contribution in [0.4, 0.5) is 5.82 Å². The number of fused-ring (bicyclic) bond motifs is 3. The van der Waals surface area contributed by atoms with E-state index in [1.165, 1.54) is 35.1 Å². The molecule has 1 saturated heterocycles. The number of benzene rings is 1. The van der Waals surface area contributed by atoms with Crippen LogP contribution in [0.25, 0.3) is 10.2 Å². The SMILES string of the molecule is CC[C@@H](C)c1nc(N2CCN(C(=O)c3ccccc3OC)CC2)c2c3c(sc2n1)CCCCC3. The van der Waals surface area contributed by atoms with Crippen molar-refractivity contribution >= 4 is 33.3 Å². The number of anilines is 1. The fourth-order valence-electron chi connectivity index (χ4n) is 5.08. The van der Waals surface area contributed by atoms with Crippen LogP contribution in [0.2, 0.25) is 0 Å². The number of thiophene rings is 1. The van der Waals surface area contributed by atoms with Gasteiger partial charge in [0.15, 0.2) is 0 Å². The first-order valence-electron chi connectivity index (χ1n) is 12.6. The second-order valence-electron chi connectivity index (χ2n) is 9.44. The van der Waals surface area contributed by atoms with Crippen LogP contribution in [0, 0.1) is 0 Å². The van der Waals surface area contributed by atoms with Crippen molar-refractivity contribution in [2.45, 2.75) is 58.3 Å². The standard InChI is InChI=1S/C27H34N4O2S/c1-4-18(2)24-28-25(23-20-11-6-5-7-13-22(20)34-26(23)29-24)30-14-16-31(17-15-30)27(32)19-10-8-9-12-21(19)33-3/h8-10,12,18H,4-7,11,13-17H2,1-3H3/t18-/m1/s1. The van der Waals surface area contributed by atoms with Crippen molar-refractivity contribution in [3.63, 3.8) is 0 Å². The van der Waals surface area contributed by atoms with Crippen LogP contribution in [-0.2, 0) is 12.8 Å². The minimum absolute atomic E-state index is 0.0367. The molecule has 0 bridgehead atoms. The summed E-state index contributed by atoms with van der Waals surface area (Å²) in [5.41, 5.74) is 2.11. The Bertz CT molecular complexity index is 1180. The van der Waals surface area contributed by atoms with Crippen LogP contribution in [0.3, 0.4) is 0 Å². The number of piperazine rings is 1. The Morgan fingerprint density at radius 1 is 1.09 bits per heavy atom. The Morgan fingerprint density at radius 3 is 2.62 bits per heavy atom. The molecule has 180 valence electrons. The van der Waals surface area contributed by atoms with E-state index >= 15 is 0 Å². The second-order valence-corrected chi connectivity index (χ2v) is 10.5. The summed E-state index contributed by atoms with van der Waals surface area (Å²) < 4.78 is 5.42. The third-order valence-corrected chi connectivity index (χ3v) is 8.51. The lowest BCUT2D eigenvalue weighted by atomic mass is 10.1. The first-order valence-corrected chi connectivity index (χ1v) is 13.4. The van der Waals surface area contributed by atoms with Crippen molar-refractivity contribution in [1.29, 1.82) is 0 Å². The van der Waals surface area contributed by atoms with Gasteiger partial charge in [0.25, 0.3) is 5.91 Å². The molecule has 0 saturated carbocycles. The van der Waals surface area contributed by atoms with Crippen molar-refractivity contribution < 1.29 is 9.53 Å². The highest BCUT2D eigenvalue weighted by Gasteiger charge is 2.29. The summed E-state index contributed by atoms with van der Waals surface area (Å²) in [6.07, 6.45) is 7.12. The molecule has 2 aliphatic rings. The predicted octanol–water partition coefficient (Wildman–Crippen LogP) is 5.44. The molecule has 7 heteroatoms. The number of aromatic nitrogens is 2. The van der Waals surface area contributed by atoms with Gasteiger partial charge in [0.2, 0.25) is 0 Å². The average molecular weight is 479 g/mol. The van der Waals surface area contributed by atoms with Crippen molar-refractivity contribution in [2.24, 2.45) is 0 Å². The summed E-state index contributed by atoms with van der Waals surface area (Å²) in [6, 6.07) is 7.48. The van der Waals surface area contributed by atoms with Gasteiger partial charge >= 0.3 is 0 Å². The van der Waals surface area contributed by atoms with E-state index in [-0.39, 0.29) is 5.91 Å². The van der Waals surface area contributed by atoms with Gasteiger partial charge in [-0.25, -0.2) is 9.97 Å². The summed E-state index contributed by atoms with van der Waals surface area (Å²) in [5, 5.41) is 1.28. The zero-order chi connectivity index (χ0) is 23.7. The summed E-state index contributed by atoms with van der Waals surface area (Å²) in [5.74, 6) is 3.04. The third kappa shape index (κ3) is 4.26. The summed E-state index contributed by atoms with van der Waals surface area (Å²) in [7, 11) is 1.61. The largest absolute Gasteiger partial charge is 0.496 e. The van der Waals surface area contributed by atoms with E-state index in [2.05, 4.69) is 18.7 Å². The van der Waals surface area contributed by atoms with Crippen LogP contribution < -0.4 is 9.64 Å². The number of methoxy groups -OCH3 is 1. The van der Waals surface area contributed by atoms with Crippen LogP contribution in [-0.4, -0.2) is 54.1 Å². The van der Waals surface area contributed by atoms with Gasteiger partial charge in [-0.15, -0.1) is 11.3 Å². The summed E-state index contributed by atoms with van der Waals surface area (Å²) in [4.78, 5) is 30.4. The predicted molar refractivity (Wildman–Crippen MR) is 138 cm³/mol. The molecular weight excluding hydrogens is 444 g/mol. The van der Waals surface area contributed by atoms with Gasteiger partial charge in [0.05, 0.1) is 18.1 Å². The summed E-state index contributed by atoms with van der Waals surface area (Å²) in [6.45, 7) is 7.31. The first kappa shape index (κ1) is 23.1. The molecule has 0 N–H and O–H groups in total. The maximum absolute atomic E-state index is 13.2. The molecule has 34 heavy (non-hydrogen) atoms. The number of para-hydroxylation sites is 1. The third-order valence-electron chi connectivity index (χ3n) is 7.32. The minimum Gasteiger partial charge on any atom is -0.496 e. The maximum Gasteiger partial charge on any atom is 0.257 e. The molecule has 1 aliphatic carbocycles. The molecule has 1 aliphatic heterocycles. The quantitative estimate of drug-likeness (QED) is 0.457. The van der Waals surface area contributed by atoms with E-state index in [9.17, 15) is 4.79 Å². The molecule has 0 spiro atoms. The number of rotatable bonds is 5. The fraction of sp³-hybridized carbons (Fsp3) is 0.519. The highest BCUT2D eigenvalue weighted by molar-refractivity contribution is 7.19. The minimum atomic E-state index is 0.0367. The van der Waals surface area contributed by atoms with Crippen LogP contribution in [0.15, 0.2) is 24.3 Å². The van der Waals surface area contributed by atoms with Crippen molar-refractivity contribution in [2.75, 3.05) is 38.2 Å². The lowest BCUT2D eigenvalue weighted by Crippen LogP contribution is -2.49. The summed E-state index contributed by atoms with van der Waals surface area (Å²) >= 11 is 1.88. The maximum atomic E-state index is 13.2. The number of aryl methyl sites for hydroxylation is 2. The van der Waals surface area contributed by atoms with Gasteiger partial charge in [-0.2, -0.15) is 0 Å². The Hall–Kier alpha value is -2.67. The Morgan fingerprint density at radius 2 is 1.85 bits per heavy atom. The smallest absolute Gasteiger partial charge is 0.257 e. The van der Waals surface area contributed by atoms with E-state index in [1.807, 2.05) is 40.5 Å². The monoisotopic (exact) mass is 478 g/mol. The molecule has 1 fully saturated rings. The Kier molecular flexibility index (Phi) is 6.73. The van der Waals surface area contributed by atoms with Gasteiger partial charge in [-0.1, -0.05) is 32.4 Å². The highest BCUT2D eigenvalue weighted by Crippen LogP contribution is 2.40. The van der Waals surface area contributed by atoms with Gasteiger partial charge in [0.1, 0.15) is 22.2 Å². The number of hydrogen-bond donors (Lipinski definition) is 0. The van der Waals surface area contributed by atoms with Crippen molar-refractivity contribution in [1.82, 2.24) is 14.9 Å². The number of carbonyl (C=O) groups excluding carboxylic acids is 1. The van der Waals surface area contributed by atoms with E-state index < -0.39 is 0 Å². The number of ether oxygens (including phenoxy) is 1. The molecule has 0 radical (unpaired) electrons. The Balaban J connectivity index is 1.45. The van der Waals surface area contributed by atoms with E-state index in [4.69, 9.17) is 14.7 Å². The van der Waals surface area contributed by atoms with Crippen LogP contribution in [0.5, 0.6) is 5.75 Å². The van der Waals surface area contributed by atoms with Crippen LogP contribution in [0.1, 0.15) is 72.1 Å². The van der Waals surface area contributed by atoms with Crippen molar-refractivity contribution in [3.8, 4) is 5.75 Å². The number of hydrogen-bond acceptors (Lipinski definition) is 6. The molecular formula is C27H34N4O2S. The van der Waals surface area contributed by atoms with Crippen LogP contribution >= 0.6 is 11.3 Å². The number of carbonyl (C=O) groups is 1.